The number of esters is 1. The number of carbonyl (C=O) groups excluding carboxylic acids is 2. The van der Waals surface area contributed by atoms with Gasteiger partial charge in [0.2, 0.25) is 5.91 Å². The van der Waals surface area contributed by atoms with E-state index in [9.17, 15) is 19.5 Å². The molecule has 0 spiro atoms. The standard InChI is InChI=1S/C28H29NO5/c1-3-34-26(32)20(2)19-24(25(30)31)29-27(33)28(21-13-7-4-8-14-21,22-15-9-5-10-16-22)23-17-11-6-12-18-23/h4-18,20,24H,3,19H2,1-2H3,(H,29,33)(H,30,31)/t20-,24-/m0/s1. The number of aliphatic carboxylic acids is 1. The maximum atomic E-state index is 14.2. The van der Waals surface area contributed by atoms with Crippen LogP contribution in [0.2, 0.25) is 0 Å². The second kappa shape index (κ2) is 11.3. The Kier molecular flexibility index (Phi) is 8.19. The van der Waals surface area contributed by atoms with E-state index in [-0.39, 0.29) is 13.0 Å². The van der Waals surface area contributed by atoms with Gasteiger partial charge in [-0.15, -0.1) is 0 Å². The number of ether oxygens (including phenoxy) is 1. The van der Waals surface area contributed by atoms with Crippen LogP contribution in [0.25, 0.3) is 0 Å². The Hall–Kier alpha value is -3.93. The van der Waals surface area contributed by atoms with Crippen molar-refractivity contribution in [1.82, 2.24) is 5.32 Å². The van der Waals surface area contributed by atoms with E-state index in [1.807, 2.05) is 91.0 Å². The summed E-state index contributed by atoms with van der Waals surface area (Å²) in [6.07, 6.45) is -0.0889. The molecule has 3 rings (SSSR count). The maximum absolute atomic E-state index is 14.2. The third-order valence-electron chi connectivity index (χ3n) is 5.84. The number of nitrogens with one attached hydrogen (secondary N) is 1. The van der Waals surface area contributed by atoms with Gasteiger partial charge in [0.05, 0.1) is 12.5 Å². The Labute approximate surface area is 199 Å². The Balaban J connectivity index is 2.12. The molecule has 0 heterocycles. The number of carboxylic acids is 1. The largest absolute Gasteiger partial charge is 0.480 e. The molecule has 0 saturated heterocycles. The van der Waals surface area contributed by atoms with Gasteiger partial charge in [-0.05, 0) is 30.0 Å². The van der Waals surface area contributed by atoms with Crippen molar-refractivity contribution in [2.45, 2.75) is 31.7 Å². The highest BCUT2D eigenvalue weighted by molar-refractivity contribution is 5.98. The molecule has 0 aliphatic heterocycles. The fraction of sp³-hybridized carbons (Fsp3) is 0.250. The molecule has 0 unspecified atom stereocenters. The predicted octanol–water partition coefficient (Wildman–Crippen LogP) is 4.18. The first-order valence-electron chi connectivity index (χ1n) is 11.3. The molecule has 0 radical (unpaired) electrons. The third-order valence-corrected chi connectivity index (χ3v) is 5.84. The van der Waals surface area contributed by atoms with Gasteiger partial charge in [-0.25, -0.2) is 4.79 Å². The molecule has 0 aromatic heterocycles. The predicted molar refractivity (Wildman–Crippen MR) is 129 cm³/mol. The van der Waals surface area contributed by atoms with Gasteiger partial charge < -0.3 is 15.2 Å². The van der Waals surface area contributed by atoms with Gasteiger partial charge in [0.1, 0.15) is 11.5 Å². The molecule has 0 fully saturated rings. The van der Waals surface area contributed by atoms with Crippen LogP contribution in [0.5, 0.6) is 0 Å². The van der Waals surface area contributed by atoms with Crippen molar-refractivity contribution in [2.24, 2.45) is 5.92 Å². The molecule has 3 aromatic carbocycles. The lowest BCUT2D eigenvalue weighted by Crippen LogP contribution is -2.52. The Morgan fingerprint density at radius 1 is 0.824 bits per heavy atom. The van der Waals surface area contributed by atoms with Gasteiger partial charge in [0.25, 0.3) is 0 Å². The average molecular weight is 460 g/mol. The van der Waals surface area contributed by atoms with E-state index in [2.05, 4.69) is 5.32 Å². The number of benzene rings is 3. The summed E-state index contributed by atoms with van der Waals surface area (Å²) in [6, 6.07) is 26.6. The molecule has 3 aromatic rings. The fourth-order valence-corrected chi connectivity index (χ4v) is 4.18. The van der Waals surface area contributed by atoms with E-state index >= 15 is 0 Å². The van der Waals surface area contributed by atoms with Crippen LogP contribution in [0.3, 0.4) is 0 Å². The summed E-state index contributed by atoms with van der Waals surface area (Å²) in [6.45, 7) is 3.49. The van der Waals surface area contributed by atoms with Crippen LogP contribution in [0.4, 0.5) is 0 Å². The minimum Gasteiger partial charge on any atom is -0.480 e. The molecule has 6 nitrogen and oxygen atoms in total. The SMILES string of the molecule is CCOC(=O)[C@@H](C)C[C@H](NC(=O)C(c1ccccc1)(c1ccccc1)c1ccccc1)C(=O)O. The number of rotatable bonds is 10. The molecule has 0 bridgehead atoms. The van der Waals surface area contributed by atoms with Crippen molar-refractivity contribution >= 4 is 17.8 Å². The lowest BCUT2D eigenvalue weighted by molar-refractivity contribution is -0.149. The quantitative estimate of drug-likeness (QED) is 0.351. The van der Waals surface area contributed by atoms with Gasteiger partial charge >= 0.3 is 11.9 Å². The van der Waals surface area contributed by atoms with Crippen molar-refractivity contribution < 1.29 is 24.2 Å². The highest BCUT2D eigenvalue weighted by atomic mass is 16.5. The first-order valence-corrected chi connectivity index (χ1v) is 11.3. The molecule has 6 heteroatoms. The van der Waals surface area contributed by atoms with Crippen molar-refractivity contribution in [3.05, 3.63) is 108 Å². The minimum absolute atomic E-state index is 0.0889. The van der Waals surface area contributed by atoms with Gasteiger partial charge in [-0.3, -0.25) is 9.59 Å². The average Bonchev–Trinajstić information content (AvgIpc) is 2.86. The maximum Gasteiger partial charge on any atom is 0.326 e. The summed E-state index contributed by atoms with van der Waals surface area (Å²) >= 11 is 0. The van der Waals surface area contributed by atoms with Crippen LogP contribution < -0.4 is 5.32 Å². The Morgan fingerprint density at radius 3 is 1.59 bits per heavy atom. The molecule has 0 aliphatic carbocycles. The second-order valence-corrected chi connectivity index (χ2v) is 8.10. The van der Waals surface area contributed by atoms with E-state index in [1.165, 1.54) is 0 Å². The summed E-state index contributed by atoms with van der Waals surface area (Å²) in [5.74, 6) is -2.89. The number of carbonyl (C=O) groups is 3. The third kappa shape index (κ3) is 5.17. The monoisotopic (exact) mass is 459 g/mol. The first kappa shape index (κ1) is 24.7. The number of amides is 1. The molecule has 0 saturated carbocycles. The molecule has 2 N–H and O–H groups in total. The van der Waals surface area contributed by atoms with Gasteiger partial charge in [0.15, 0.2) is 0 Å². The Morgan fingerprint density at radius 2 is 1.24 bits per heavy atom. The van der Waals surface area contributed by atoms with Crippen LogP contribution in [0, 0.1) is 5.92 Å². The molecule has 0 aliphatic rings. The van der Waals surface area contributed by atoms with Gasteiger partial charge in [-0.2, -0.15) is 0 Å². The highest BCUT2D eigenvalue weighted by Crippen LogP contribution is 2.39. The van der Waals surface area contributed by atoms with E-state index < -0.39 is 35.2 Å². The fourth-order valence-electron chi connectivity index (χ4n) is 4.18. The van der Waals surface area contributed by atoms with E-state index in [0.29, 0.717) is 16.7 Å². The number of hydrogen-bond donors (Lipinski definition) is 2. The van der Waals surface area contributed by atoms with Gasteiger partial charge in [0, 0.05) is 0 Å². The lowest BCUT2D eigenvalue weighted by Gasteiger charge is -2.35. The summed E-state index contributed by atoms with van der Waals surface area (Å²) in [5, 5.41) is 12.6. The zero-order valence-corrected chi connectivity index (χ0v) is 19.3. The second-order valence-electron chi connectivity index (χ2n) is 8.10. The number of hydrogen-bond acceptors (Lipinski definition) is 4. The minimum atomic E-state index is -1.30. The first-order chi connectivity index (χ1) is 16.4. The number of carboxylic acid groups (broad SMARTS) is 1. The highest BCUT2D eigenvalue weighted by Gasteiger charge is 2.45. The van der Waals surface area contributed by atoms with E-state index in [0.717, 1.165) is 0 Å². The molecule has 1 amide bonds. The zero-order valence-electron chi connectivity index (χ0n) is 19.3. The summed E-state index contributed by atoms with van der Waals surface area (Å²) in [4.78, 5) is 38.4. The van der Waals surface area contributed by atoms with E-state index in [1.54, 1.807) is 13.8 Å². The van der Waals surface area contributed by atoms with E-state index in [4.69, 9.17) is 4.74 Å². The molecule has 176 valence electrons. The molecular weight excluding hydrogens is 430 g/mol. The summed E-state index contributed by atoms with van der Waals surface area (Å²) < 4.78 is 5.02. The lowest BCUT2D eigenvalue weighted by atomic mass is 9.68. The van der Waals surface area contributed by atoms with Crippen LogP contribution in [-0.2, 0) is 24.5 Å². The molecular formula is C28H29NO5. The van der Waals surface area contributed by atoms with Crippen molar-refractivity contribution in [1.29, 1.82) is 0 Å². The molecule has 2 atom stereocenters. The normalized spacial score (nSPS) is 12.9. The smallest absolute Gasteiger partial charge is 0.326 e. The van der Waals surface area contributed by atoms with Crippen LogP contribution in [-0.4, -0.2) is 35.6 Å². The summed E-state index contributed by atoms with van der Waals surface area (Å²) in [7, 11) is 0. The van der Waals surface area contributed by atoms with Gasteiger partial charge in [-0.1, -0.05) is 97.9 Å². The Bertz CT molecular complexity index is 1000. The topological polar surface area (TPSA) is 92.7 Å². The van der Waals surface area contributed by atoms with Crippen LogP contribution in [0.1, 0.15) is 37.0 Å². The summed E-state index contributed by atoms with van der Waals surface area (Å²) in [5.41, 5.74) is 0.803. The van der Waals surface area contributed by atoms with Crippen molar-refractivity contribution in [2.75, 3.05) is 6.61 Å². The van der Waals surface area contributed by atoms with Crippen molar-refractivity contribution in [3.8, 4) is 0 Å². The van der Waals surface area contributed by atoms with Crippen LogP contribution >= 0.6 is 0 Å². The zero-order chi connectivity index (χ0) is 24.6. The molecule has 34 heavy (non-hydrogen) atoms. The van der Waals surface area contributed by atoms with Crippen LogP contribution in [0.15, 0.2) is 91.0 Å². The van der Waals surface area contributed by atoms with Crippen molar-refractivity contribution in [3.63, 3.8) is 0 Å².